The third-order valence-electron chi connectivity index (χ3n) is 5.08. The van der Waals surface area contributed by atoms with Gasteiger partial charge in [0.2, 0.25) is 5.95 Å². The summed E-state index contributed by atoms with van der Waals surface area (Å²) in [5.41, 5.74) is 0.665. The van der Waals surface area contributed by atoms with Crippen LogP contribution < -0.4 is 10.2 Å². The Balaban J connectivity index is 0.000000693. The van der Waals surface area contributed by atoms with Crippen LogP contribution in [0.3, 0.4) is 0 Å². The Morgan fingerprint density at radius 3 is 2.32 bits per heavy atom. The first kappa shape index (κ1) is 15.7. The fourth-order valence-electron chi connectivity index (χ4n) is 3.87. The van der Waals surface area contributed by atoms with Crippen LogP contribution in [0.25, 0.3) is 0 Å². The molecule has 3 aliphatic rings. The number of anilines is 1. The molecule has 1 N–H and O–H groups in total. The SMILES string of the molecule is CC.c1cnc(N2CCC(CN3CC4(CNC4)C3)CC2)nc1. The van der Waals surface area contributed by atoms with Gasteiger partial charge in [0, 0.05) is 63.6 Å². The van der Waals surface area contributed by atoms with E-state index in [1.807, 2.05) is 32.3 Å². The summed E-state index contributed by atoms with van der Waals surface area (Å²) in [6.45, 7) is 12.6. The number of likely N-dealkylation sites (tertiary alicyclic amines) is 1. The zero-order valence-corrected chi connectivity index (χ0v) is 14.0. The van der Waals surface area contributed by atoms with Crippen molar-refractivity contribution in [2.75, 3.05) is 50.7 Å². The largest absolute Gasteiger partial charge is 0.341 e. The van der Waals surface area contributed by atoms with Crippen LogP contribution in [0.2, 0.25) is 0 Å². The van der Waals surface area contributed by atoms with Crippen LogP contribution in [0.15, 0.2) is 18.5 Å². The van der Waals surface area contributed by atoms with Gasteiger partial charge in [-0.3, -0.25) is 0 Å². The summed E-state index contributed by atoms with van der Waals surface area (Å²) in [4.78, 5) is 13.7. The molecule has 122 valence electrons. The van der Waals surface area contributed by atoms with Gasteiger partial charge in [0.25, 0.3) is 0 Å². The molecule has 3 saturated heterocycles. The predicted octanol–water partition coefficient (Wildman–Crippen LogP) is 1.62. The van der Waals surface area contributed by atoms with Crippen LogP contribution >= 0.6 is 0 Å². The molecule has 0 aromatic carbocycles. The minimum absolute atomic E-state index is 0.665. The summed E-state index contributed by atoms with van der Waals surface area (Å²) in [7, 11) is 0. The molecule has 0 atom stereocenters. The molecule has 0 bridgehead atoms. The van der Waals surface area contributed by atoms with E-state index in [9.17, 15) is 0 Å². The van der Waals surface area contributed by atoms with Crippen molar-refractivity contribution in [3.05, 3.63) is 18.5 Å². The molecule has 0 aliphatic carbocycles. The van der Waals surface area contributed by atoms with Gasteiger partial charge in [-0.1, -0.05) is 13.8 Å². The van der Waals surface area contributed by atoms with Gasteiger partial charge in [-0.25, -0.2) is 9.97 Å². The minimum atomic E-state index is 0.665. The Morgan fingerprint density at radius 1 is 1.14 bits per heavy atom. The van der Waals surface area contributed by atoms with E-state index in [1.54, 1.807) is 0 Å². The second kappa shape index (κ2) is 6.92. The highest BCUT2D eigenvalue weighted by Crippen LogP contribution is 2.35. The van der Waals surface area contributed by atoms with Crippen molar-refractivity contribution < 1.29 is 0 Å². The molecule has 0 amide bonds. The van der Waals surface area contributed by atoms with Gasteiger partial charge in [-0.2, -0.15) is 0 Å². The molecule has 22 heavy (non-hydrogen) atoms. The van der Waals surface area contributed by atoms with Crippen LogP contribution in [0.4, 0.5) is 5.95 Å². The second-order valence-corrected chi connectivity index (χ2v) is 6.75. The van der Waals surface area contributed by atoms with E-state index in [2.05, 4.69) is 25.1 Å². The Morgan fingerprint density at radius 2 is 1.77 bits per heavy atom. The van der Waals surface area contributed by atoms with Gasteiger partial charge < -0.3 is 15.1 Å². The van der Waals surface area contributed by atoms with E-state index in [0.29, 0.717) is 5.41 Å². The number of nitrogens with zero attached hydrogens (tertiary/aromatic N) is 4. The lowest BCUT2D eigenvalue weighted by atomic mass is 9.74. The minimum Gasteiger partial charge on any atom is -0.341 e. The maximum absolute atomic E-state index is 4.35. The van der Waals surface area contributed by atoms with E-state index in [-0.39, 0.29) is 0 Å². The van der Waals surface area contributed by atoms with E-state index < -0.39 is 0 Å². The summed E-state index contributed by atoms with van der Waals surface area (Å²) < 4.78 is 0. The summed E-state index contributed by atoms with van der Waals surface area (Å²) in [6, 6.07) is 1.88. The van der Waals surface area contributed by atoms with Crippen LogP contribution in [-0.4, -0.2) is 60.7 Å². The van der Waals surface area contributed by atoms with Crippen LogP contribution in [0, 0.1) is 11.3 Å². The van der Waals surface area contributed by atoms with Crippen LogP contribution in [-0.2, 0) is 0 Å². The van der Waals surface area contributed by atoms with E-state index in [0.717, 1.165) is 25.0 Å². The molecule has 4 rings (SSSR count). The summed E-state index contributed by atoms with van der Waals surface area (Å²) in [6.07, 6.45) is 6.22. The Bertz CT molecular complexity index is 443. The van der Waals surface area contributed by atoms with E-state index in [4.69, 9.17) is 0 Å². The molecule has 1 aromatic rings. The molecule has 3 aliphatic heterocycles. The maximum Gasteiger partial charge on any atom is 0.225 e. The average Bonchev–Trinajstić information content (AvgIpc) is 2.52. The topological polar surface area (TPSA) is 44.3 Å². The molecule has 1 spiro atoms. The monoisotopic (exact) mass is 303 g/mol. The van der Waals surface area contributed by atoms with E-state index in [1.165, 1.54) is 45.6 Å². The van der Waals surface area contributed by atoms with Gasteiger partial charge in [0.1, 0.15) is 0 Å². The number of hydrogen-bond donors (Lipinski definition) is 1. The van der Waals surface area contributed by atoms with Crippen molar-refractivity contribution in [3.8, 4) is 0 Å². The lowest BCUT2D eigenvalue weighted by Crippen LogP contribution is -2.71. The third kappa shape index (κ3) is 3.25. The van der Waals surface area contributed by atoms with Gasteiger partial charge in [0.05, 0.1) is 0 Å². The average molecular weight is 303 g/mol. The predicted molar refractivity (Wildman–Crippen MR) is 90.1 cm³/mol. The number of rotatable bonds is 3. The van der Waals surface area contributed by atoms with Crippen molar-refractivity contribution >= 4 is 5.95 Å². The molecule has 0 radical (unpaired) electrons. The standard InChI is InChI=1S/C15H23N5.C2H6/c1-4-17-14(18-5-1)20-6-2-13(3-7-20)8-19-11-15(12-19)9-16-10-15;1-2/h1,4-5,13,16H,2-3,6-12H2;1-2H3. The van der Waals surface area contributed by atoms with Crippen molar-refractivity contribution in [1.29, 1.82) is 0 Å². The van der Waals surface area contributed by atoms with Crippen molar-refractivity contribution in [1.82, 2.24) is 20.2 Å². The summed E-state index contributed by atoms with van der Waals surface area (Å²) in [5, 5.41) is 3.40. The van der Waals surface area contributed by atoms with E-state index >= 15 is 0 Å². The molecule has 5 heteroatoms. The van der Waals surface area contributed by atoms with Gasteiger partial charge in [0.15, 0.2) is 0 Å². The lowest BCUT2D eigenvalue weighted by Gasteiger charge is -2.57. The molecule has 3 fully saturated rings. The molecular weight excluding hydrogens is 274 g/mol. The fraction of sp³-hybridized carbons (Fsp3) is 0.765. The lowest BCUT2D eigenvalue weighted by molar-refractivity contribution is -0.0485. The maximum atomic E-state index is 4.35. The molecular formula is C17H29N5. The smallest absolute Gasteiger partial charge is 0.225 e. The van der Waals surface area contributed by atoms with Gasteiger partial charge >= 0.3 is 0 Å². The third-order valence-corrected chi connectivity index (χ3v) is 5.08. The summed E-state index contributed by atoms with van der Waals surface area (Å²) >= 11 is 0. The van der Waals surface area contributed by atoms with Gasteiger partial charge in [-0.15, -0.1) is 0 Å². The number of hydrogen-bond acceptors (Lipinski definition) is 5. The Labute approximate surface area is 134 Å². The zero-order chi connectivity index (χ0) is 15.4. The van der Waals surface area contributed by atoms with Crippen molar-refractivity contribution in [2.24, 2.45) is 11.3 Å². The highest BCUT2D eigenvalue weighted by atomic mass is 15.3. The molecule has 1 aromatic heterocycles. The van der Waals surface area contributed by atoms with Crippen LogP contribution in [0.1, 0.15) is 26.7 Å². The molecule has 4 heterocycles. The first-order chi connectivity index (χ1) is 10.8. The van der Waals surface area contributed by atoms with Gasteiger partial charge in [-0.05, 0) is 24.8 Å². The number of aromatic nitrogens is 2. The molecule has 0 unspecified atom stereocenters. The quantitative estimate of drug-likeness (QED) is 0.919. The van der Waals surface area contributed by atoms with Crippen molar-refractivity contribution in [3.63, 3.8) is 0 Å². The Kier molecular flexibility index (Phi) is 4.93. The molecule has 0 saturated carbocycles. The first-order valence-corrected chi connectivity index (χ1v) is 8.78. The Hall–Kier alpha value is -1.20. The fourth-order valence-corrected chi connectivity index (χ4v) is 3.87. The van der Waals surface area contributed by atoms with Crippen LogP contribution in [0.5, 0.6) is 0 Å². The highest BCUT2D eigenvalue weighted by molar-refractivity contribution is 5.28. The molecule has 5 nitrogen and oxygen atoms in total. The highest BCUT2D eigenvalue weighted by Gasteiger charge is 2.47. The summed E-state index contributed by atoms with van der Waals surface area (Å²) in [5.74, 6) is 1.76. The first-order valence-electron chi connectivity index (χ1n) is 8.78. The second-order valence-electron chi connectivity index (χ2n) is 6.75. The number of piperidine rings is 1. The van der Waals surface area contributed by atoms with Crippen molar-refractivity contribution in [2.45, 2.75) is 26.7 Å². The number of nitrogens with one attached hydrogen (secondary N) is 1. The zero-order valence-electron chi connectivity index (χ0n) is 14.0. The normalized spacial score (nSPS) is 24.2.